The molecule has 0 atom stereocenters. The van der Waals surface area contributed by atoms with Gasteiger partial charge in [0, 0.05) is 4.88 Å². The maximum atomic E-state index is 13.7. The zero-order chi connectivity index (χ0) is 19.7. The van der Waals surface area contributed by atoms with Gasteiger partial charge in [-0.15, -0.1) is 11.3 Å². The largest absolute Gasteiger partial charge is 0.320 e. The lowest BCUT2D eigenvalue weighted by Crippen LogP contribution is -2.28. The maximum Gasteiger partial charge on any atom is 0.262 e. The van der Waals surface area contributed by atoms with Gasteiger partial charge in [-0.25, -0.2) is 13.8 Å². The number of thiophene rings is 1. The molecule has 0 radical (unpaired) electrons. The molecule has 4 aromatic rings. The number of benzene rings is 2. The van der Waals surface area contributed by atoms with Crippen molar-refractivity contribution < 1.29 is 13.6 Å². The summed E-state index contributed by atoms with van der Waals surface area (Å²) >= 11 is 1.37. The van der Waals surface area contributed by atoms with E-state index in [0.717, 1.165) is 27.1 Å². The fourth-order valence-corrected chi connectivity index (χ4v) is 3.76. The molecule has 2 aromatic heterocycles. The topological polar surface area (TPSA) is 64.0 Å². The first-order valence-corrected chi connectivity index (χ1v) is 9.13. The number of anilines is 1. The van der Waals surface area contributed by atoms with E-state index in [1.807, 2.05) is 30.3 Å². The van der Waals surface area contributed by atoms with Crippen molar-refractivity contribution in [2.24, 2.45) is 0 Å². The zero-order valence-corrected chi connectivity index (χ0v) is 15.2. The van der Waals surface area contributed by atoms with Crippen LogP contribution in [0.5, 0.6) is 0 Å². The average Bonchev–Trinajstić information content (AvgIpc) is 3.13. The second-order valence-electron chi connectivity index (χ2n) is 6.02. The van der Waals surface area contributed by atoms with Gasteiger partial charge in [-0.1, -0.05) is 36.4 Å². The van der Waals surface area contributed by atoms with Crippen molar-refractivity contribution in [3.8, 4) is 10.4 Å². The van der Waals surface area contributed by atoms with Crippen LogP contribution in [0.1, 0.15) is 0 Å². The molecule has 0 aliphatic rings. The van der Waals surface area contributed by atoms with Crippen molar-refractivity contribution >= 4 is 33.1 Å². The Labute approximate surface area is 161 Å². The van der Waals surface area contributed by atoms with E-state index in [1.165, 1.54) is 23.7 Å². The fourth-order valence-electron chi connectivity index (χ4n) is 2.77. The molecular weight excluding hydrogens is 384 g/mol. The van der Waals surface area contributed by atoms with Gasteiger partial charge in [0.15, 0.2) is 0 Å². The van der Waals surface area contributed by atoms with Crippen LogP contribution >= 0.6 is 11.3 Å². The fraction of sp³-hybridized carbons (Fsp3) is 0.0500. The highest BCUT2D eigenvalue weighted by Crippen LogP contribution is 2.30. The molecule has 28 heavy (non-hydrogen) atoms. The minimum absolute atomic E-state index is 0.385. The van der Waals surface area contributed by atoms with Crippen molar-refractivity contribution in [3.63, 3.8) is 0 Å². The van der Waals surface area contributed by atoms with Gasteiger partial charge >= 0.3 is 0 Å². The Kier molecular flexibility index (Phi) is 4.70. The van der Waals surface area contributed by atoms with E-state index in [4.69, 9.17) is 0 Å². The van der Waals surface area contributed by atoms with E-state index in [2.05, 4.69) is 10.3 Å². The molecule has 0 spiro atoms. The molecule has 4 rings (SSSR count). The van der Waals surface area contributed by atoms with Gasteiger partial charge in [0.1, 0.15) is 28.7 Å². The summed E-state index contributed by atoms with van der Waals surface area (Å²) in [6.07, 6.45) is 1.26. The molecule has 1 amide bonds. The molecule has 0 fully saturated rings. The van der Waals surface area contributed by atoms with Crippen LogP contribution < -0.4 is 10.9 Å². The predicted molar refractivity (Wildman–Crippen MR) is 104 cm³/mol. The number of hydrogen-bond acceptors (Lipinski definition) is 4. The number of hydrogen-bond donors (Lipinski definition) is 1. The van der Waals surface area contributed by atoms with Crippen LogP contribution in [-0.4, -0.2) is 15.5 Å². The summed E-state index contributed by atoms with van der Waals surface area (Å²) in [6, 6.07) is 14.6. The van der Waals surface area contributed by atoms with Gasteiger partial charge in [0.2, 0.25) is 5.91 Å². The van der Waals surface area contributed by atoms with Crippen molar-refractivity contribution in [2.75, 3.05) is 5.32 Å². The highest BCUT2D eigenvalue weighted by atomic mass is 32.1. The van der Waals surface area contributed by atoms with Crippen LogP contribution in [0.15, 0.2) is 65.7 Å². The van der Waals surface area contributed by atoms with Gasteiger partial charge in [0.25, 0.3) is 5.56 Å². The summed E-state index contributed by atoms with van der Waals surface area (Å²) in [5.41, 5.74) is 0.0216. The third kappa shape index (κ3) is 3.41. The smallest absolute Gasteiger partial charge is 0.262 e. The highest BCUT2D eigenvalue weighted by molar-refractivity contribution is 7.21. The normalized spacial score (nSPS) is 10.9. The van der Waals surface area contributed by atoms with Crippen molar-refractivity contribution in [1.29, 1.82) is 0 Å². The van der Waals surface area contributed by atoms with Crippen LogP contribution in [0.3, 0.4) is 0 Å². The van der Waals surface area contributed by atoms with Crippen molar-refractivity contribution in [3.05, 3.63) is 82.9 Å². The van der Waals surface area contributed by atoms with Gasteiger partial charge < -0.3 is 5.32 Å². The van der Waals surface area contributed by atoms with Crippen LogP contribution in [0.4, 0.5) is 14.5 Å². The molecule has 0 saturated carbocycles. The Morgan fingerprint density at radius 3 is 2.50 bits per heavy atom. The lowest BCUT2D eigenvalue weighted by Gasteiger charge is -2.08. The van der Waals surface area contributed by atoms with E-state index in [0.29, 0.717) is 10.2 Å². The Balaban J connectivity index is 1.62. The summed E-state index contributed by atoms with van der Waals surface area (Å²) < 4.78 is 28.4. The SMILES string of the molecule is O=C(Cn1cnc2sc(-c3ccccc3)cc2c1=O)Nc1c(F)cccc1F. The number of nitrogens with one attached hydrogen (secondary N) is 1. The summed E-state index contributed by atoms with van der Waals surface area (Å²) in [4.78, 5) is 30.5. The molecular formula is C20H13F2N3O2S. The number of carbonyl (C=O) groups is 1. The summed E-state index contributed by atoms with van der Waals surface area (Å²) in [5, 5.41) is 2.54. The summed E-state index contributed by atoms with van der Waals surface area (Å²) in [5.74, 6) is -2.51. The number of amides is 1. The van der Waals surface area contributed by atoms with Gasteiger partial charge in [-0.2, -0.15) is 0 Å². The number of para-hydroxylation sites is 1. The van der Waals surface area contributed by atoms with Crippen LogP contribution in [-0.2, 0) is 11.3 Å². The zero-order valence-electron chi connectivity index (χ0n) is 14.4. The second-order valence-corrected chi connectivity index (χ2v) is 7.05. The lowest BCUT2D eigenvalue weighted by atomic mass is 10.2. The summed E-state index contributed by atoms with van der Waals surface area (Å²) in [6.45, 7) is -0.411. The van der Waals surface area contributed by atoms with Crippen molar-refractivity contribution in [2.45, 2.75) is 6.54 Å². The first-order chi connectivity index (χ1) is 13.5. The first-order valence-electron chi connectivity index (χ1n) is 8.31. The summed E-state index contributed by atoms with van der Waals surface area (Å²) in [7, 11) is 0. The Morgan fingerprint density at radius 1 is 1.07 bits per heavy atom. The maximum absolute atomic E-state index is 13.7. The molecule has 0 bridgehead atoms. The van der Waals surface area contributed by atoms with E-state index in [9.17, 15) is 18.4 Å². The number of nitrogens with zero attached hydrogens (tertiary/aromatic N) is 2. The molecule has 1 N–H and O–H groups in total. The number of rotatable bonds is 4. The molecule has 0 aliphatic carbocycles. The van der Waals surface area contributed by atoms with E-state index in [-0.39, 0.29) is 0 Å². The van der Waals surface area contributed by atoms with E-state index >= 15 is 0 Å². The third-order valence-corrected chi connectivity index (χ3v) is 5.21. The molecule has 0 unspecified atom stereocenters. The molecule has 0 saturated heterocycles. The van der Waals surface area contributed by atoms with E-state index in [1.54, 1.807) is 6.07 Å². The van der Waals surface area contributed by atoms with Gasteiger partial charge in [-0.05, 0) is 23.8 Å². The Hall–Kier alpha value is -3.39. The molecule has 8 heteroatoms. The van der Waals surface area contributed by atoms with Gasteiger partial charge in [-0.3, -0.25) is 14.2 Å². The van der Waals surface area contributed by atoms with E-state index < -0.39 is 35.3 Å². The molecule has 0 aliphatic heterocycles. The monoisotopic (exact) mass is 397 g/mol. The number of aromatic nitrogens is 2. The minimum atomic E-state index is -0.889. The first kappa shape index (κ1) is 18.0. The second kappa shape index (κ2) is 7.32. The highest BCUT2D eigenvalue weighted by Gasteiger charge is 2.15. The molecule has 140 valence electrons. The van der Waals surface area contributed by atoms with Crippen LogP contribution in [0, 0.1) is 11.6 Å². The lowest BCUT2D eigenvalue weighted by molar-refractivity contribution is -0.116. The Bertz CT molecular complexity index is 1220. The van der Waals surface area contributed by atoms with Crippen molar-refractivity contribution in [1.82, 2.24) is 9.55 Å². The predicted octanol–water partition coefficient (Wildman–Crippen LogP) is 4.04. The minimum Gasteiger partial charge on any atom is -0.320 e. The van der Waals surface area contributed by atoms with Crippen LogP contribution in [0.2, 0.25) is 0 Å². The standard InChI is InChI=1S/C20H13F2N3O2S/c21-14-7-4-8-15(22)18(14)24-17(26)10-25-11-23-19-13(20(25)27)9-16(28-19)12-5-2-1-3-6-12/h1-9,11H,10H2,(H,24,26). The molecule has 5 nitrogen and oxygen atoms in total. The van der Waals surface area contributed by atoms with Gasteiger partial charge in [0.05, 0.1) is 11.7 Å². The average molecular weight is 397 g/mol. The number of halogens is 2. The van der Waals surface area contributed by atoms with Crippen LogP contribution in [0.25, 0.3) is 20.7 Å². The number of carbonyl (C=O) groups excluding carboxylic acids is 1. The Morgan fingerprint density at radius 2 is 1.79 bits per heavy atom. The molecule has 2 heterocycles. The third-order valence-electron chi connectivity index (χ3n) is 4.12. The molecule has 2 aromatic carbocycles. The quantitative estimate of drug-likeness (QED) is 0.565. The number of fused-ring (bicyclic) bond motifs is 1.